The molecule has 4 N–H and O–H groups in total. The van der Waals surface area contributed by atoms with E-state index in [1.807, 2.05) is 0 Å². The molecule has 0 aliphatic heterocycles. The second-order valence-corrected chi connectivity index (χ2v) is 3.77. The summed E-state index contributed by atoms with van der Waals surface area (Å²) in [5.74, 6) is -0.651. The van der Waals surface area contributed by atoms with Crippen LogP contribution < -0.4 is 5.73 Å². The summed E-state index contributed by atoms with van der Waals surface area (Å²) in [5, 5.41) is 28.6. The zero-order chi connectivity index (χ0) is 14.4. The fraction of sp³-hybridized carbons (Fsp3) is 0.364. The summed E-state index contributed by atoms with van der Waals surface area (Å²) >= 11 is 0. The number of aliphatic hydroxyl groups is 2. The van der Waals surface area contributed by atoms with Crippen molar-refractivity contribution in [2.45, 2.75) is 0 Å². The molecule has 8 heteroatoms. The Balaban J connectivity index is 3.15. The smallest absolute Gasteiger partial charge is 0.282 e. The van der Waals surface area contributed by atoms with Gasteiger partial charge in [0.2, 0.25) is 0 Å². The number of amides is 1. The van der Waals surface area contributed by atoms with Crippen molar-refractivity contribution >= 4 is 17.3 Å². The minimum absolute atomic E-state index is 0.0225. The third kappa shape index (κ3) is 3.63. The minimum atomic E-state index is -0.678. The van der Waals surface area contributed by atoms with E-state index in [2.05, 4.69) is 0 Å². The van der Waals surface area contributed by atoms with Crippen LogP contribution in [0.1, 0.15) is 10.4 Å². The molecular formula is C11H15N3O5. The molecule has 1 aromatic carbocycles. The van der Waals surface area contributed by atoms with Gasteiger partial charge in [0.15, 0.2) is 0 Å². The molecule has 0 spiro atoms. The Hall–Kier alpha value is -2.19. The number of nitrogen functional groups attached to an aromatic ring is 1. The highest BCUT2D eigenvalue weighted by atomic mass is 16.6. The summed E-state index contributed by atoms with van der Waals surface area (Å²) in [7, 11) is 0. The van der Waals surface area contributed by atoms with E-state index >= 15 is 0 Å². The number of carbonyl (C=O) groups excluding carboxylic acids is 1. The number of nitro groups is 1. The van der Waals surface area contributed by atoms with Gasteiger partial charge in [0.25, 0.3) is 11.6 Å². The maximum atomic E-state index is 12.1. The van der Waals surface area contributed by atoms with E-state index in [9.17, 15) is 14.9 Å². The monoisotopic (exact) mass is 269 g/mol. The van der Waals surface area contributed by atoms with Crippen LogP contribution in [0, 0.1) is 10.1 Å². The fourth-order valence-corrected chi connectivity index (χ4v) is 1.61. The van der Waals surface area contributed by atoms with E-state index in [1.165, 1.54) is 12.1 Å². The number of hydrogen-bond donors (Lipinski definition) is 3. The molecule has 0 fully saturated rings. The van der Waals surface area contributed by atoms with Crippen molar-refractivity contribution in [3.05, 3.63) is 33.9 Å². The van der Waals surface area contributed by atoms with Gasteiger partial charge in [-0.3, -0.25) is 14.9 Å². The highest BCUT2D eigenvalue weighted by Crippen LogP contribution is 2.22. The van der Waals surface area contributed by atoms with Crippen molar-refractivity contribution in [3.63, 3.8) is 0 Å². The van der Waals surface area contributed by atoms with Gasteiger partial charge in [-0.05, 0) is 12.1 Å². The van der Waals surface area contributed by atoms with Crippen LogP contribution in [0.15, 0.2) is 18.2 Å². The first-order valence-electron chi connectivity index (χ1n) is 5.56. The number of aliphatic hydroxyl groups excluding tert-OH is 2. The number of hydrogen-bond acceptors (Lipinski definition) is 6. The van der Waals surface area contributed by atoms with Gasteiger partial charge < -0.3 is 20.8 Å². The molecule has 1 rings (SSSR count). The molecule has 0 radical (unpaired) electrons. The normalized spacial score (nSPS) is 10.2. The lowest BCUT2D eigenvalue weighted by molar-refractivity contribution is -0.385. The van der Waals surface area contributed by atoms with Crippen LogP contribution in [0.2, 0.25) is 0 Å². The zero-order valence-corrected chi connectivity index (χ0v) is 10.2. The number of rotatable bonds is 6. The second kappa shape index (κ2) is 6.66. The molecule has 0 aliphatic rings. The number of benzene rings is 1. The summed E-state index contributed by atoms with van der Waals surface area (Å²) in [6, 6.07) is 3.69. The summed E-state index contributed by atoms with van der Waals surface area (Å²) in [6.07, 6.45) is 0. The third-order valence-electron chi connectivity index (χ3n) is 2.47. The molecule has 1 amide bonds. The lowest BCUT2D eigenvalue weighted by Crippen LogP contribution is -2.36. The molecule has 0 saturated heterocycles. The van der Waals surface area contributed by atoms with E-state index in [-0.39, 0.29) is 43.2 Å². The highest BCUT2D eigenvalue weighted by Gasteiger charge is 2.24. The first kappa shape index (κ1) is 14.9. The number of anilines is 1. The third-order valence-corrected chi connectivity index (χ3v) is 2.47. The van der Waals surface area contributed by atoms with Crippen LogP contribution in [-0.4, -0.2) is 52.2 Å². The Kier molecular flexibility index (Phi) is 5.22. The van der Waals surface area contributed by atoms with Crippen molar-refractivity contribution in [3.8, 4) is 0 Å². The van der Waals surface area contributed by atoms with Gasteiger partial charge in [0.1, 0.15) is 5.56 Å². The van der Waals surface area contributed by atoms with Gasteiger partial charge in [0.05, 0.1) is 18.1 Å². The largest absolute Gasteiger partial charge is 0.399 e. The van der Waals surface area contributed by atoms with E-state index in [1.54, 1.807) is 0 Å². The highest BCUT2D eigenvalue weighted by molar-refractivity contribution is 5.99. The van der Waals surface area contributed by atoms with Gasteiger partial charge in [-0.25, -0.2) is 0 Å². The Morgan fingerprint density at radius 1 is 1.32 bits per heavy atom. The van der Waals surface area contributed by atoms with Crippen molar-refractivity contribution in [2.24, 2.45) is 0 Å². The molecule has 0 bridgehead atoms. The fourth-order valence-electron chi connectivity index (χ4n) is 1.61. The molecule has 0 aliphatic carbocycles. The van der Waals surface area contributed by atoms with Gasteiger partial charge in [0, 0.05) is 24.8 Å². The van der Waals surface area contributed by atoms with Gasteiger partial charge in [-0.1, -0.05) is 0 Å². The summed E-state index contributed by atoms with van der Waals surface area (Å²) in [4.78, 5) is 23.5. The van der Waals surface area contributed by atoms with Gasteiger partial charge in [-0.15, -0.1) is 0 Å². The van der Waals surface area contributed by atoms with Crippen molar-refractivity contribution < 1.29 is 19.9 Å². The molecule has 104 valence electrons. The summed E-state index contributed by atoms with van der Waals surface area (Å²) in [5.41, 5.74) is 5.22. The van der Waals surface area contributed by atoms with Crippen molar-refractivity contribution in [2.75, 3.05) is 32.0 Å². The maximum Gasteiger partial charge on any atom is 0.282 e. The Morgan fingerprint density at radius 3 is 2.37 bits per heavy atom. The van der Waals surface area contributed by atoms with Crippen LogP contribution in [0.5, 0.6) is 0 Å². The first-order chi connectivity index (χ1) is 9.01. The Bertz CT molecular complexity index is 471. The molecule has 0 saturated carbocycles. The topological polar surface area (TPSA) is 130 Å². The average molecular weight is 269 g/mol. The number of nitro benzene ring substituents is 1. The van der Waals surface area contributed by atoms with E-state index < -0.39 is 10.8 Å². The molecule has 19 heavy (non-hydrogen) atoms. The average Bonchev–Trinajstić information content (AvgIpc) is 2.37. The zero-order valence-electron chi connectivity index (χ0n) is 10.2. The second-order valence-electron chi connectivity index (χ2n) is 3.77. The summed E-state index contributed by atoms with van der Waals surface area (Å²) < 4.78 is 0. The molecule has 0 aromatic heterocycles. The van der Waals surface area contributed by atoms with Crippen molar-refractivity contribution in [1.29, 1.82) is 0 Å². The maximum absolute atomic E-state index is 12.1. The number of nitrogens with two attached hydrogens (primary N) is 1. The van der Waals surface area contributed by atoms with E-state index in [0.717, 1.165) is 11.0 Å². The van der Waals surface area contributed by atoms with Gasteiger partial charge in [-0.2, -0.15) is 0 Å². The quantitative estimate of drug-likeness (QED) is 0.366. The molecule has 0 unspecified atom stereocenters. The number of nitrogens with zero attached hydrogens (tertiary/aromatic N) is 2. The number of carbonyl (C=O) groups is 1. The molecular weight excluding hydrogens is 254 g/mol. The van der Waals surface area contributed by atoms with Crippen LogP contribution in [0.3, 0.4) is 0 Å². The van der Waals surface area contributed by atoms with Crippen LogP contribution in [-0.2, 0) is 0 Å². The molecule has 0 heterocycles. The van der Waals surface area contributed by atoms with Crippen LogP contribution >= 0.6 is 0 Å². The van der Waals surface area contributed by atoms with Gasteiger partial charge >= 0.3 is 0 Å². The molecule has 1 aromatic rings. The van der Waals surface area contributed by atoms with E-state index in [0.29, 0.717) is 0 Å². The lowest BCUT2D eigenvalue weighted by atomic mass is 10.1. The minimum Gasteiger partial charge on any atom is -0.399 e. The first-order valence-corrected chi connectivity index (χ1v) is 5.56. The standard InChI is InChI=1S/C11H15N3O5/c12-8-1-2-10(14(18)19)9(7-8)11(17)13(3-5-15)4-6-16/h1-2,7,15-16H,3-6,12H2. The predicted molar refractivity (Wildman–Crippen MR) is 67.6 cm³/mol. The Labute approximate surface area is 109 Å². The SMILES string of the molecule is Nc1ccc([N+](=O)[O-])c(C(=O)N(CCO)CCO)c1. The van der Waals surface area contributed by atoms with E-state index in [4.69, 9.17) is 15.9 Å². The predicted octanol–water partition coefficient (Wildman–Crippen LogP) is -0.396. The lowest BCUT2D eigenvalue weighted by Gasteiger charge is -2.20. The van der Waals surface area contributed by atoms with Crippen LogP contribution in [0.25, 0.3) is 0 Å². The van der Waals surface area contributed by atoms with Crippen molar-refractivity contribution in [1.82, 2.24) is 4.90 Å². The van der Waals surface area contributed by atoms with Crippen LogP contribution in [0.4, 0.5) is 11.4 Å². The summed E-state index contributed by atoms with van der Waals surface area (Å²) in [6.45, 7) is -0.652. The molecule has 0 atom stereocenters. The Morgan fingerprint density at radius 2 is 1.89 bits per heavy atom. The molecule has 8 nitrogen and oxygen atoms in total.